The number of benzene rings is 1. The summed E-state index contributed by atoms with van der Waals surface area (Å²) in [5.74, 6) is 0. The van der Waals surface area contributed by atoms with Crippen molar-refractivity contribution >= 4 is 17.7 Å². The minimum absolute atomic E-state index is 0.0977. The number of amides is 1. The Morgan fingerprint density at radius 2 is 2.00 bits per heavy atom. The fourth-order valence-electron chi connectivity index (χ4n) is 2.06. The summed E-state index contributed by atoms with van der Waals surface area (Å²) in [5, 5.41) is 4.12. The van der Waals surface area contributed by atoms with Gasteiger partial charge >= 0.3 is 6.09 Å². The lowest BCUT2D eigenvalue weighted by molar-refractivity contribution is 0.0193. The van der Waals surface area contributed by atoms with Gasteiger partial charge in [0, 0.05) is 30.7 Å². The number of nitrogens with zero attached hydrogens (tertiary/aromatic N) is 1. The summed E-state index contributed by atoms with van der Waals surface area (Å²) in [4.78, 5) is 13.9. The zero-order valence-corrected chi connectivity index (χ0v) is 15.8. The van der Waals surface area contributed by atoms with Gasteiger partial charge in [0.05, 0.1) is 0 Å². The molecule has 0 unspecified atom stereocenters. The summed E-state index contributed by atoms with van der Waals surface area (Å²) >= 11 is 6.12. The van der Waals surface area contributed by atoms with Crippen molar-refractivity contribution in [2.45, 2.75) is 59.7 Å². The van der Waals surface area contributed by atoms with Gasteiger partial charge in [-0.15, -0.1) is 0 Å². The van der Waals surface area contributed by atoms with Crippen molar-refractivity contribution < 1.29 is 9.53 Å². The van der Waals surface area contributed by atoms with Gasteiger partial charge in [-0.2, -0.15) is 0 Å². The SMILES string of the molecule is Cc1ccc(CNCCN(C(=O)OC(C)(C)C)C(C)C)cc1Cl. The van der Waals surface area contributed by atoms with Crippen LogP contribution < -0.4 is 5.32 Å². The van der Waals surface area contributed by atoms with E-state index in [2.05, 4.69) is 11.4 Å². The molecule has 0 heterocycles. The van der Waals surface area contributed by atoms with E-state index in [9.17, 15) is 4.79 Å². The van der Waals surface area contributed by atoms with Gasteiger partial charge in [-0.05, 0) is 58.7 Å². The first kappa shape index (κ1) is 19.8. The summed E-state index contributed by atoms with van der Waals surface area (Å²) in [7, 11) is 0. The van der Waals surface area contributed by atoms with E-state index in [1.807, 2.05) is 53.7 Å². The van der Waals surface area contributed by atoms with Crippen molar-refractivity contribution in [3.05, 3.63) is 34.3 Å². The lowest BCUT2D eigenvalue weighted by Gasteiger charge is -2.30. The topological polar surface area (TPSA) is 41.6 Å². The largest absolute Gasteiger partial charge is 0.444 e. The molecule has 0 aliphatic carbocycles. The van der Waals surface area contributed by atoms with Crippen LogP contribution in [0.2, 0.25) is 5.02 Å². The molecule has 5 heteroatoms. The van der Waals surface area contributed by atoms with Crippen LogP contribution in [0.3, 0.4) is 0 Å². The van der Waals surface area contributed by atoms with Crippen LogP contribution in [0.4, 0.5) is 4.79 Å². The fourth-order valence-corrected chi connectivity index (χ4v) is 2.26. The van der Waals surface area contributed by atoms with Gasteiger partial charge in [0.2, 0.25) is 0 Å². The third kappa shape index (κ3) is 7.23. The summed E-state index contributed by atoms with van der Waals surface area (Å²) in [6, 6.07) is 6.14. The number of nitrogens with one attached hydrogen (secondary N) is 1. The van der Waals surface area contributed by atoms with Gasteiger partial charge < -0.3 is 15.0 Å². The van der Waals surface area contributed by atoms with Gasteiger partial charge in [-0.3, -0.25) is 0 Å². The Hall–Kier alpha value is -1.26. The molecule has 0 bridgehead atoms. The van der Waals surface area contributed by atoms with E-state index in [0.717, 1.165) is 22.7 Å². The van der Waals surface area contributed by atoms with Crippen LogP contribution in [0, 0.1) is 6.92 Å². The second kappa shape index (κ2) is 8.55. The van der Waals surface area contributed by atoms with E-state index < -0.39 is 5.60 Å². The van der Waals surface area contributed by atoms with Gasteiger partial charge in [0.15, 0.2) is 0 Å². The van der Waals surface area contributed by atoms with Crippen LogP contribution in [0.5, 0.6) is 0 Å². The van der Waals surface area contributed by atoms with E-state index >= 15 is 0 Å². The molecule has 1 rings (SSSR count). The Balaban J connectivity index is 2.47. The predicted molar refractivity (Wildman–Crippen MR) is 96.0 cm³/mol. The minimum atomic E-state index is -0.476. The lowest BCUT2D eigenvalue weighted by atomic mass is 10.1. The lowest BCUT2D eigenvalue weighted by Crippen LogP contribution is -2.44. The third-order valence-corrected chi connectivity index (χ3v) is 3.75. The molecular weight excluding hydrogens is 312 g/mol. The molecule has 0 saturated heterocycles. The summed E-state index contributed by atoms with van der Waals surface area (Å²) in [5.41, 5.74) is 1.73. The van der Waals surface area contributed by atoms with E-state index in [-0.39, 0.29) is 12.1 Å². The van der Waals surface area contributed by atoms with Gasteiger partial charge in [0.1, 0.15) is 5.60 Å². The molecule has 23 heavy (non-hydrogen) atoms. The van der Waals surface area contributed by atoms with Crippen LogP contribution in [-0.2, 0) is 11.3 Å². The summed E-state index contributed by atoms with van der Waals surface area (Å²) in [6.07, 6.45) is -0.271. The maximum atomic E-state index is 12.2. The number of ether oxygens (including phenoxy) is 1. The van der Waals surface area contributed by atoms with Crippen LogP contribution in [0.15, 0.2) is 18.2 Å². The molecule has 0 aromatic heterocycles. The first-order chi connectivity index (χ1) is 10.6. The molecule has 4 nitrogen and oxygen atoms in total. The second-order valence-electron chi connectivity index (χ2n) is 7.03. The molecule has 1 N–H and O–H groups in total. The second-order valence-corrected chi connectivity index (χ2v) is 7.43. The van der Waals surface area contributed by atoms with Crippen molar-refractivity contribution in [1.82, 2.24) is 10.2 Å². The number of carbonyl (C=O) groups is 1. The maximum Gasteiger partial charge on any atom is 0.410 e. The summed E-state index contributed by atoms with van der Waals surface area (Å²) in [6.45, 7) is 13.6. The monoisotopic (exact) mass is 340 g/mol. The Morgan fingerprint density at radius 1 is 1.35 bits per heavy atom. The Kier molecular flexibility index (Phi) is 7.36. The highest BCUT2D eigenvalue weighted by Crippen LogP contribution is 2.16. The van der Waals surface area contributed by atoms with Crippen LogP contribution >= 0.6 is 11.6 Å². The molecule has 0 aliphatic heterocycles. The molecule has 1 aromatic rings. The smallest absolute Gasteiger partial charge is 0.410 e. The van der Waals surface area contributed by atoms with Crippen molar-refractivity contribution in [3.8, 4) is 0 Å². The Bertz CT molecular complexity index is 524. The number of hydrogen-bond acceptors (Lipinski definition) is 3. The maximum absolute atomic E-state index is 12.2. The third-order valence-electron chi connectivity index (χ3n) is 3.35. The first-order valence-corrected chi connectivity index (χ1v) is 8.43. The average molecular weight is 341 g/mol. The molecule has 0 aliphatic rings. The quantitative estimate of drug-likeness (QED) is 0.781. The molecular formula is C18H29ClN2O2. The number of hydrogen-bond donors (Lipinski definition) is 1. The fraction of sp³-hybridized carbons (Fsp3) is 0.611. The first-order valence-electron chi connectivity index (χ1n) is 8.05. The highest BCUT2D eigenvalue weighted by molar-refractivity contribution is 6.31. The number of rotatable bonds is 6. The molecule has 1 amide bonds. The highest BCUT2D eigenvalue weighted by atomic mass is 35.5. The van der Waals surface area contributed by atoms with E-state index in [4.69, 9.17) is 16.3 Å². The van der Waals surface area contributed by atoms with Crippen molar-refractivity contribution in [2.75, 3.05) is 13.1 Å². The zero-order chi connectivity index (χ0) is 17.6. The normalized spacial score (nSPS) is 11.7. The summed E-state index contributed by atoms with van der Waals surface area (Å²) < 4.78 is 5.45. The molecule has 0 saturated carbocycles. The van der Waals surface area contributed by atoms with Crippen LogP contribution in [-0.4, -0.2) is 35.7 Å². The zero-order valence-electron chi connectivity index (χ0n) is 15.1. The Labute approximate surface area is 145 Å². The molecule has 0 radical (unpaired) electrons. The minimum Gasteiger partial charge on any atom is -0.444 e. The molecule has 1 aromatic carbocycles. The highest BCUT2D eigenvalue weighted by Gasteiger charge is 2.23. The van der Waals surface area contributed by atoms with Gasteiger partial charge in [0.25, 0.3) is 0 Å². The molecule has 0 fully saturated rings. The van der Waals surface area contributed by atoms with Crippen LogP contribution in [0.1, 0.15) is 45.7 Å². The molecule has 130 valence electrons. The standard InChI is InChI=1S/C18H29ClN2O2/c1-13(2)21(17(22)23-18(4,5)6)10-9-20-12-15-8-7-14(3)16(19)11-15/h7-8,11,13,20H,9-10,12H2,1-6H3. The molecule has 0 spiro atoms. The van der Waals surface area contributed by atoms with Gasteiger partial charge in [-0.1, -0.05) is 23.7 Å². The number of aryl methyl sites for hydroxylation is 1. The Morgan fingerprint density at radius 3 is 2.52 bits per heavy atom. The van der Waals surface area contributed by atoms with Crippen LogP contribution in [0.25, 0.3) is 0 Å². The van der Waals surface area contributed by atoms with Crippen molar-refractivity contribution in [1.29, 1.82) is 0 Å². The van der Waals surface area contributed by atoms with Crippen molar-refractivity contribution in [3.63, 3.8) is 0 Å². The predicted octanol–water partition coefficient (Wildman–Crippen LogP) is 4.38. The van der Waals surface area contributed by atoms with E-state index in [1.54, 1.807) is 4.90 Å². The number of carbonyl (C=O) groups excluding carboxylic acids is 1. The van der Waals surface area contributed by atoms with Crippen molar-refractivity contribution in [2.24, 2.45) is 0 Å². The van der Waals surface area contributed by atoms with Gasteiger partial charge in [-0.25, -0.2) is 4.79 Å². The molecule has 0 atom stereocenters. The average Bonchev–Trinajstić information content (AvgIpc) is 2.40. The van der Waals surface area contributed by atoms with E-state index in [1.165, 1.54) is 0 Å². The van der Waals surface area contributed by atoms with E-state index in [0.29, 0.717) is 13.1 Å². The number of halogens is 1.